The molecule has 3 aliphatic heterocycles. The summed E-state index contributed by atoms with van der Waals surface area (Å²) < 4.78 is 23.7. The third-order valence-corrected chi connectivity index (χ3v) is 11.4. The van der Waals surface area contributed by atoms with Crippen molar-refractivity contribution < 1.29 is 38.4 Å². The summed E-state index contributed by atoms with van der Waals surface area (Å²) in [5.74, 6) is 0.0239. The third kappa shape index (κ3) is 11.8. The molecule has 1 spiro atoms. The highest BCUT2D eigenvalue weighted by molar-refractivity contribution is 5.97. The normalized spacial score (nSPS) is 18.8. The molecule has 13 nitrogen and oxygen atoms in total. The molecule has 6 rings (SSSR count). The molecular formula is C43H63N5O8. The molecule has 4 aliphatic rings. The Morgan fingerprint density at radius 2 is 1.79 bits per heavy atom. The number of carbonyl (C=O) groups is 3. The molecule has 2 aromatic carbocycles. The number of aromatic hydroxyl groups is 1. The fourth-order valence-electron chi connectivity index (χ4n) is 8.30. The van der Waals surface area contributed by atoms with Crippen LogP contribution in [-0.2, 0) is 43.2 Å². The lowest BCUT2D eigenvalue weighted by Crippen LogP contribution is -2.55. The van der Waals surface area contributed by atoms with Crippen molar-refractivity contribution in [3.8, 4) is 11.5 Å². The number of phenolic OH excluding ortho intramolecular Hbond substituents is 1. The third-order valence-electron chi connectivity index (χ3n) is 11.4. The van der Waals surface area contributed by atoms with E-state index in [9.17, 15) is 19.5 Å². The summed E-state index contributed by atoms with van der Waals surface area (Å²) in [5, 5.41) is 16.5. The molecule has 13 heteroatoms. The number of fused-ring (bicyclic) bond motifs is 1. The number of carbonyl (C=O) groups excluding carboxylic acids is 3. The van der Waals surface area contributed by atoms with Crippen LogP contribution in [0.5, 0.6) is 11.5 Å². The zero-order valence-electron chi connectivity index (χ0n) is 33.7. The predicted octanol–water partition coefficient (Wildman–Crippen LogP) is 5.27. The van der Waals surface area contributed by atoms with Gasteiger partial charge in [0.15, 0.2) is 12.4 Å². The number of amides is 3. The molecule has 0 aromatic heterocycles. The number of rotatable bonds is 15. The van der Waals surface area contributed by atoms with Crippen LogP contribution in [0.3, 0.4) is 0 Å². The molecule has 0 atom stereocenters. The van der Waals surface area contributed by atoms with Gasteiger partial charge in [-0.1, -0.05) is 49.6 Å². The van der Waals surface area contributed by atoms with Gasteiger partial charge in [-0.05, 0) is 82.1 Å². The van der Waals surface area contributed by atoms with Crippen LogP contribution in [0.4, 0.5) is 10.5 Å². The fourth-order valence-corrected chi connectivity index (χ4v) is 8.30. The van der Waals surface area contributed by atoms with Crippen LogP contribution in [0.2, 0.25) is 0 Å². The summed E-state index contributed by atoms with van der Waals surface area (Å²) in [6.07, 6.45) is 8.34. The van der Waals surface area contributed by atoms with Crippen molar-refractivity contribution in [3.05, 3.63) is 53.1 Å². The van der Waals surface area contributed by atoms with Crippen molar-refractivity contribution >= 4 is 23.6 Å². The molecule has 0 bridgehead atoms. The van der Waals surface area contributed by atoms with Crippen LogP contribution >= 0.6 is 0 Å². The van der Waals surface area contributed by atoms with Gasteiger partial charge in [0.25, 0.3) is 5.91 Å². The van der Waals surface area contributed by atoms with E-state index in [1.165, 1.54) is 17.2 Å². The van der Waals surface area contributed by atoms with Crippen molar-refractivity contribution in [1.29, 1.82) is 0 Å². The van der Waals surface area contributed by atoms with E-state index in [0.717, 1.165) is 96.3 Å². The van der Waals surface area contributed by atoms with E-state index in [0.29, 0.717) is 45.0 Å². The minimum atomic E-state index is -0.697. The van der Waals surface area contributed by atoms with Gasteiger partial charge < -0.3 is 44.5 Å². The molecule has 2 aromatic rings. The maximum absolute atomic E-state index is 13.8. The van der Waals surface area contributed by atoms with Crippen molar-refractivity contribution in [2.75, 3.05) is 77.6 Å². The number of benzene rings is 2. The Labute approximate surface area is 332 Å². The molecule has 3 heterocycles. The Morgan fingerprint density at radius 1 is 1.00 bits per heavy atom. The SMILES string of the molecule is CC(C)(C)OC(=O)N(CCc1ccc(O)c2c1OCC(=O)N2)CCN(C(=O)CCOCCc1cccc(CN2CCC3(CC2)CNCCO3)c1)C1CCCCC1. The minimum Gasteiger partial charge on any atom is -0.506 e. The standard InChI is InChI=1S/C43H63N5O8/c1-42(2,3)56-41(52)47(20-14-34-12-13-36(49)39-40(34)54-30-37(50)45-39)23-24-48(35-10-5-4-6-11-35)38(51)16-26-53-25-15-32-8-7-9-33(28-32)29-46-21-17-43(18-22-46)31-44-19-27-55-43/h7-9,12-13,28,35,44,49H,4-6,10-11,14-27,29-31H2,1-3H3,(H,45,50). The van der Waals surface area contributed by atoms with Gasteiger partial charge in [-0.25, -0.2) is 4.79 Å². The Balaban J connectivity index is 0.998. The lowest BCUT2D eigenvalue weighted by Gasteiger charge is -2.44. The molecule has 1 aliphatic carbocycles. The molecule has 0 radical (unpaired) electrons. The molecule has 56 heavy (non-hydrogen) atoms. The second kappa shape index (κ2) is 19.5. The van der Waals surface area contributed by atoms with Crippen LogP contribution in [0.15, 0.2) is 36.4 Å². The molecule has 2 saturated heterocycles. The molecule has 3 N–H and O–H groups in total. The van der Waals surface area contributed by atoms with Crippen molar-refractivity contribution in [1.82, 2.24) is 20.0 Å². The number of hydrogen-bond donors (Lipinski definition) is 3. The average molecular weight is 778 g/mol. The van der Waals surface area contributed by atoms with E-state index in [-0.39, 0.29) is 47.9 Å². The molecule has 0 unspecified atom stereocenters. The summed E-state index contributed by atoms with van der Waals surface area (Å²) >= 11 is 0. The second-order valence-corrected chi connectivity index (χ2v) is 16.8. The monoisotopic (exact) mass is 777 g/mol. The molecule has 1 saturated carbocycles. The van der Waals surface area contributed by atoms with E-state index >= 15 is 0 Å². The Bertz CT molecular complexity index is 1620. The van der Waals surface area contributed by atoms with Gasteiger partial charge in [-0.2, -0.15) is 0 Å². The van der Waals surface area contributed by atoms with Crippen LogP contribution in [-0.4, -0.2) is 127 Å². The van der Waals surface area contributed by atoms with Gasteiger partial charge in [-0.15, -0.1) is 0 Å². The first-order valence-corrected chi connectivity index (χ1v) is 20.7. The van der Waals surface area contributed by atoms with E-state index in [2.05, 4.69) is 39.8 Å². The van der Waals surface area contributed by atoms with Gasteiger partial charge in [0, 0.05) is 58.4 Å². The van der Waals surface area contributed by atoms with Crippen molar-refractivity contribution in [2.45, 2.75) is 109 Å². The van der Waals surface area contributed by atoms with E-state index in [1.807, 2.05) is 25.7 Å². The number of hydrogen-bond acceptors (Lipinski definition) is 10. The summed E-state index contributed by atoms with van der Waals surface area (Å²) in [6.45, 7) is 12.9. The van der Waals surface area contributed by atoms with Gasteiger partial charge in [-0.3, -0.25) is 14.5 Å². The first-order chi connectivity index (χ1) is 27.0. The van der Waals surface area contributed by atoms with Gasteiger partial charge in [0.05, 0.1) is 31.8 Å². The minimum absolute atomic E-state index is 0.0117. The van der Waals surface area contributed by atoms with Gasteiger partial charge in [0.2, 0.25) is 5.91 Å². The number of likely N-dealkylation sites (tertiary alicyclic amines) is 1. The highest BCUT2D eigenvalue weighted by atomic mass is 16.6. The van der Waals surface area contributed by atoms with E-state index in [4.69, 9.17) is 18.9 Å². The molecule has 308 valence electrons. The number of piperidine rings is 1. The molecule has 3 amide bonds. The number of nitrogens with zero attached hydrogens (tertiary/aromatic N) is 3. The van der Waals surface area contributed by atoms with Crippen LogP contribution in [0.1, 0.15) is 88.8 Å². The average Bonchev–Trinajstić information content (AvgIpc) is 3.18. The van der Waals surface area contributed by atoms with Crippen molar-refractivity contribution in [2.24, 2.45) is 0 Å². The van der Waals surface area contributed by atoms with E-state index in [1.54, 1.807) is 11.0 Å². The second-order valence-electron chi connectivity index (χ2n) is 16.8. The molecule has 3 fully saturated rings. The quantitative estimate of drug-likeness (QED) is 0.162. The first-order valence-electron chi connectivity index (χ1n) is 20.7. The maximum atomic E-state index is 13.8. The summed E-state index contributed by atoms with van der Waals surface area (Å²) in [6, 6.07) is 12.1. The Kier molecular flexibility index (Phi) is 14.5. The van der Waals surface area contributed by atoms with Crippen LogP contribution in [0, 0.1) is 0 Å². The number of ether oxygens (including phenoxy) is 4. The fraction of sp³-hybridized carbons (Fsp3) is 0.651. The number of morpholine rings is 1. The van der Waals surface area contributed by atoms with Crippen LogP contribution < -0.4 is 15.4 Å². The van der Waals surface area contributed by atoms with Crippen LogP contribution in [0.25, 0.3) is 0 Å². The zero-order chi connectivity index (χ0) is 39.5. The molecular weight excluding hydrogens is 714 g/mol. The maximum Gasteiger partial charge on any atom is 0.410 e. The predicted molar refractivity (Wildman–Crippen MR) is 214 cm³/mol. The lowest BCUT2D eigenvalue weighted by molar-refractivity contribution is -0.135. The number of anilines is 1. The smallest absolute Gasteiger partial charge is 0.410 e. The highest BCUT2D eigenvalue weighted by Gasteiger charge is 2.37. The summed E-state index contributed by atoms with van der Waals surface area (Å²) in [7, 11) is 0. The van der Waals surface area contributed by atoms with Gasteiger partial charge >= 0.3 is 6.09 Å². The summed E-state index contributed by atoms with van der Waals surface area (Å²) in [5.41, 5.74) is 2.84. The van der Waals surface area contributed by atoms with Gasteiger partial charge in [0.1, 0.15) is 17.0 Å². The summed E-state index contributed by atoms with van der Waals surface area (Å²) in [4.78, 5) is 45.4. The Morgan fingerprint density at radius 3 is 2.54 bits per heavy atom. The number of phenols is 1. The van der Waals surface area contributed by atoms with Crippen molar-refractivity contribution in [3.63, 3.8) is 0 Å². The highest BCUT2D eigenvalue weighted by Crippen LogP contribution is 2.39. The first kappa shape index (κ1) is 41.7. The zero-order valence-corrected chi connectivity index (χ0v) is 33.7. The van der Waals surface area contributed by atoms with E-state index < -0.39 is 11.7 Å². The lowest BCUT2D eigenvalue weighted by atomic mass is 9.90. The Hall–Kier alpha value is -3.91. The largest absolute Gasteiger partial charge is 0.506 e. The number of nitrogens with one attached hydrogen (secondary N) is 2. The topological polar surface area (TPSA) is 142 Å².